The monoisotopic (exact) mass is 283 g/mol. The molecule has 0 amide bonds. The Kier molecular flexibility index (Phi) is 3.51. The lowest BCUT2D eigenvalue weighted by atomic mass is 10.2. The third-order valence-corrected chi connectivity index (χ3v) is 2.82. The van der Waals surface area contributed by atoms with Gasteiger partial charge >= 0.3 is 5.97 Å². The Morgan fingerprint density at radius 2 is 2.00 bits per heavy atom. The van der Waals surface area contributed by atoms with Gasteiger partial charge in [-0.1, -0.05) is 0 Å². The van der Waals surface area contributed by atoms with Crippen LogP contribution in [0.3, 0.4) is 0 Å². The predicted molar refractivity (Wildman–Crippen MR) is 75.5 cm³/mol. The molecular formula is C15H13N3O3. The zero-order valence-corrected chi connectivity index (χ0v) is 11.4. The molecule has 2 aromatic heterocycles. The number of esters is 1. The van der Waals surface area contributed by atoms with Crippen LogP contribution in [0.5, 0.6) is 11.6 Å². The van der Waals surface area contributed by atoms with Crippen LogP contribution in [-0.2, 0) is 4.74 Å². The maximum atomic E-state index is 11.5. The van der Waals surface area contributed by atoms with E-state index < -0.39 is 0 Å². The third-order valence-electron chi connectivity index (χ3n) is 2.82. The predicted octanol–water partition coefficient (Wildman–Crippen LogP) is 2.70. The van der Waals surface area contributed by atoms with E-state index in [1.54, 1.807) is 60.2 Å². The molecule has 0 unspecified atom stereocenters. The van der Waals surface area contributed by atoms with E-state index in [0.29, 0.717) is 29.4 Å². The highest BCUT2D eigenvalue weighted by Crippen LogP contribution is 2.20. The van der Waals surface area contributed by atoms with Crippen molar-refractivity contribution in [1.29, 1.82) is 0 Å². The lowest BCUT2D eigenvalue weighted by Gasteiger charge is -2.06. The Morgan fingerprint density at radius 1 is 1.19 bits per heavy atom. The number of fused-ring (bicyclic) bond motifs is 1. The van der Waals surface area contributed by atoms with Gasteiger partial charge in [0.25, 0.3) is 0 Å². The minimum Gasteiger partial charge on any atom is -0.462 e. The zero-order chi connectivity index (χ0) is 14.7. The molecule has 0 atom stereocenters. The number of carbonyl (C=O) groups excluding carboxylic acids is 1. The van der Waals surface area contributed by atoms with Gasteiger partial charge in [0.05, 0.1) is 18.4 Å². The van der Waals surface area contributed by atoms with Crippen LogP contribution in [0.25, 0.3) is 5.65 Å². The Labute approximate surface area is 120 Å². The highest BCUT2D eigenvalue weighted by molar-refractivity contribution is 5.89. The molecule has 0 saturated heterocycles. The standard InChI is InChI=1S/C15H13N3O3/c1-2-20-15(19)11-3-5-12(6-4-11)21-14-8-10-18-13(17-14)7-9-16-18/h3-10H,2H2,1H3. The Bertz CT molecular complexity index is 765. The Hall–Kier alpha value is -2.89. The molecule has 1 aromatic carbocycles. The molecule has 21 heavy (non-hydrogen) atoms. The molecule has 0 spiro atoms. The second-order valence-corrected chi connectivity index (χ2v) is 4.25. The molecule has 6 nitrogen and oxygen atoms in total. The topological polar surface area (TPSA) is 65.7 Å². The average molecular weight is 283 g/mol. The van der Waals surface area contributed by atoms with Crippen LogP contribution in [0.15, 0.2) is 48.8 Å². The van der Waals surface area contributed by atoms with E-state index in [2.05, 4.69) is 10.1 Å². The summed E-state index contributed by atoms with van der Waals surface area (Å²) in [6.07, 6.45) is 3.44. The van der Waals surface area contributed by atoms with Crippen molar-refractivity contribution in [1.82, 2.24) is 14.6 Å². The molecule has 3 aromatic rings. The molecule has 6 heteroatoms. The van der Waals surface area contributed by atoms with Gasteiger partial charge in [0.2, 0.25) is 5.88 Å². The zero-order valence-electron chi connectivity index (χ0n) is 11.4. The second kappa shape index (κ2) is 5.62. The van der Waals surface area contributed by atoms with Crippen LogP contribution >= 0.6 is 0 Å². The normalized spacial score (nSPS) is 10.5. The van der Waals surface area contributed by atoms with Crippen LogP contribution < -0.4 is 4.74 Å². The highest BCUT2D eigenvalue weighted by atomic mass is 16.5. The number of nitrogens with zero attached hydrogens (tertiary/aromatic N) is 3. The van der Waals surface area contributed by atoms with E-state index in [4.69, 9.17) is 9.47 Å². The largest absolute Gasteiger partial charge is 0.462 e. The van der Waals surface area contributed by atoms with Crippen molar-refractivity contribution >= 4 is 11.6 Å². The van der Waals surface area contributed by atoms with Crippen molar-refractivity contribution in [2.45, 2.75) is 6.92 Å². The van der Waals surface area contributed by atoms with Crippen LogP contribution in [0, 0.1) is 0 Å². The minimum absolute atomic E-state index is 0.345. The van der Waals surface area contributed by atoms with Gasteiger partial charge in [0.15, 0.2) is 5.65 Å². The van der Waals surface area contributed by atoms with Crippen molar-refractivity contribution in [3.8, 4) is 11.6 Å². The Balaban J connectivity index is 1.76. The summed E-state index contributed by atoms with van der Waals surface area (Å²) in [7, 11) is 0. The Morgan fingerprint density at radius 3 is 2.76 bits per heavy atom. The van der Waals surface area contributed by atoms with E-state index in [1.807, 2.05) is 0 Å². The number of hydrogen-bond donors (Lipinski definition) is 0. The first-order chi connectivity index (χ1) is 10.3. The summed E-state index contributed by atoms with van der Waals surface area (Å²) in [4.78, 5) is 15.9. The first-order valence-electron chi connectivity index (χ1n) is 6.51. The van der Waals surface area contributed by atoms with Crippen LogP contribution in [0.4, 0.5) is 0 Å². The van der Waals surface area contributed by atoms with Gasteiger partial charge in [-0.15, -0.1) is 0 Å². The van der Waals surface area contributed by atoms with Gasteiger partial charge < -0.3 is 9.47 Å². The molecule has 3 rings (SSSR count). The van der Waals surface area contributed by atoms with E-state index in [0.717, 1.165) is 0 Å². The quantitative estimate of drug-likeness (QED) is 0.689. The molecular weight excluding hydrogens is 270 g/mol. The molecule has 0 saturated carbocycles. The van der Waals surface area contributed by atoms with E-state index in [-0.39, 0.29) is 5.97 Å². The molecule has 0 bridgehead atoms. The van der Waals surface area contributed by atoms with Crippen LogP contribution in [0.2, 0.25) is 0 Å². The number of benzene rings is 1. The summed E-state index contributed by atoms with van der Waals surface area (Å²) in [5.41, 5.74) is 1.19. The van der Waals surface area contributed by atoms with Gasteiger partial charge in [-0.05, 0) is 31.2 Å². The molecule has 0 radical (unpaired) electrons. The molecule has 2 heterocycles. The molecule has 0 aliphatic rings. The molecule has 0 aliphatic carbocycles. The summed E-state index contributed by atoms with van der Waals surface area (Å²) >= 11 is 0. The fraction of sp³-hybridized carbons (Fsp3) is 0.133. The number of rotatable bonds is 4. The fourth-order valence-electron chi connectivity index (χ4n) is 1.85. The third kappa shape index (κ3) is 2.84. The second-order valence-electron chi connectivity index (χ2n) is 4.25. The summed E-state index contributed by atoms with van der Waals surface area (Å²) in [6, 6.07) is 10.2. The van der Waals surface area contributed by atoms with Gasteiger partial charge in [-0.3, -0.25) is 0 Å². The molecule has 0 N–H and O–H groups in total. The summed E-state index contributed by atoms with van der Waals surface area (Å²) in [5, 5.41) is 4.06. The number of carbonyl (C=O) groups is 1. The van der Waals surface area contributed by atoms with Gasteiger partial charge in [0, 0.05) is 18.3 Å². The lowest BCUT2D eigenvalue weighted by Crippen LogP contribution is -2.04. The van der Waals surface area contributed by atoms with Gasteiger partial charge in [-0.2, -0.15) is 10.1 Å². The highest BCUT2D eigenvalue weighted by Gasteiger charge is 2.07. The fourth-order valence-corrected chi connectivity index (χ4v) is 1.85. The number of hydrogen-bond acceptors (Lipinski definition) is 5. The first kappa shape index (κ1) is 13.1. The SMILES string of the molecule is CCOC(=O)c1ccc(Oc2ccn3nccc3n2)cc1. The van der Waals surface area contributed by atoms with Crippen LogP contribution in [0.1, 0.15) is 17.3 Å². The van der Waals surface area contributed by atoms with Gasteiger partial charge in [0.1, 0.15) is 5.75 Å². The van der Waals surface area contributed by atoms with Crippen molar-refractivity contribution in [2.24, 2.45) is 0 Å². The minimum atomic E-state index is -0.345. The van der Waals surface area contributed by atoms with Crippen molar-refractivity contribution in [3.63, 3.8) is 0 Å². The van der Waals surface area contributed by atoms with Gasteiger partial charge in [-0.25, -0.2) is 9.31 Å². The number of aromatic nitrogens is 3. The summed E-state index contributed by atoms with van der Waals surface area (Å²) < 4.78 is 12.2. The van der Waals surface area contributed by atoms with Crippen molar-refractivity contribution < 1.29 is 14.3 Å². The number of ether oxygens (including phenoxy) is 2. The van der Waals surface area contributed by atoms with Crippen LogP contribution in [-0.4, -0.2) is 27.2 Å². The maximum absolute atomic E-state index is 11.5. The van der Waals surface area contributed by atoms with E-state index >= 15 is 0 Å². The summed E-state index contributed by atoms with van der Waals surface area (Å²) in [5.74, 6) is 0.717. The first-order valence-corrected chi connectivity index (χ1v) is 6.51. The smallest absolute Gasteiger partial charge is 0.338 e. The molecule has 106 valence electrons. The van der Waals surface area contributed by atoms with E-state index in [9.17, 15) is 4.79 Å². The average Bonchev–Trinajstić information content (AvgIpc) is 2.96. The van der Waals surface area contributed by atoms with Crippen molar-refractivity contribution in [2.75, 3.05) is 6.61 Å². The van der Waals surface area contributed by atoms with E-state index in [1.165, 1.54) is 0 Å². The summed E-state index contributed by atoms with van der Waals surface area (Å²) in [6.45, 7) is 2.13. The maximum Gasteiger partial charge on any atom is 0.338 e. The molecule has 0 aliphatic heterocycles. The lowest BCUT2D eigenvalue weighted by molar-refractivity contribution is 0.0526. The van der Waals surface area contributed by atoms with Crippen molar-refractivity contribution in [3.05, 3.63) is 54.4 Å². The molecule has 0 fully saturated rings.